The quantitative estimate of drug-likeness (QED) is 0.208. The highest BCUT2D eigenvalue weighted by Gasteiger charge is 2.33. The van der Waals surface area contributed by atoms with Gasteiger partial charge in [-0.25, -0.2) is 0 Å². The van der Waals surface area contributed by atoms with Crippen molar-refractivity contribution >= 4 is 56.2 Å². The van der Waals surface area contributed by atoms with Crippen molar-refractivity contribution in [1.82, 2.24) is 20.9 Å². The number of hydrogen-bond donors (Lipinski definition) is 5. The van der Waals surface area contributed by atoms with Crippen LogP contribution in [0.25, 0.3) is 10.9 Å². The second-order valence-electron chi connectivity index (χ2n) is 10.4. The van der Waals surface area contributed by atoms with Gasteiger partial charge in [-0.3, -0.25) is 19.2 Å². The molecular formula is C28H36N4O6S2. The van der Waals surface area contributed by atoms with Crippen LogP contribution in [-0.2, 0) is 30.3 Å². The Morgan fingerprint density at radius 1 is 1.02 bits per heavy atom. The number of fused-ring (bicyclic) bond motifs is 8. The van der Waals surface area contributed by atoms with E-state index < -0.39 is 54.0 Å². The Labute approximate surface area is 241 Å². The Hall–Kier alpha value is -2.96. The Bertz CT molecular complexity index is 1250. The number of H-pyrrole nitrogens is 1. The largest absolute Gasteiger partial charge is 0.457 e. The number of amides is 3. The summed E-state index contributed by atoms with van der Waals surface area (Å²) in [7, 11) is 3.02. The molecule has 12 heteroatoms. The molecule has 5 N–H and O–H groups in total. The van der Waals surface area contributed by atoms with E-state index in [0.717, 1.165) is 22.2 Å². The molecular weight excluding hydrogens is 552 g/mol. The van der Waals surface area contributed by atoms with Crippen LogP contribution in [0.5, 0.6) is 0 Å². The van der Waals surface area contributed by atoms with E-state index in [0.29, 0.717) is 6.42 Å². The van der Waals surface area contributed by atoms with Gasteiger partial charge in [-0.2, -0.15) is 0 Å². The molecule has 0 radical (unpaired) electrons. The van der Waals surface area contributed by atoms with E-state index >= 15 is 0 Å². The third-order valence-electron chi connectivity index (χ3n) is 6.91. The molecule has 3 heterocycles. The zero-order chi connectivity index (χ0) is 28.6. The van der Waals surface area contributed by atoms with Crippen molar-refractivity contribution in [3.63, 3.8) is 0 Å². The number of benzene rings is 1. The molecule has 2 aliphatic rings. The standard InChI is InChI=1S/C28H36N4O6S2/c1-16(2)26-23(33)13-25(35)38-18-7-5-6-10-39-40-15-22(28(37)32-26)31-27(36)21(30-24(34)12-18)11-17-14-29-20-9-4-3-8-19(17)20/h3-5,7-9,14,16,18,21-23,26,29,33H,6,10-13,15H2,1-2H3,(H,30,34)(H,31,36)(H,32,37)/b7-5+/t18-,21-,22-,23+,26-/m1/s1. The summed E-state index contributed by atoms with van der Waals surface area (Å²) >= 11 is 0. The van der Waals surface area contributed by atoms with E-state index in [4.69, 9.17) is 4.74 Å². The highest BCUT2D eigenvalue weighted by molar-refractivity contribution is 8.76. The van der Waals surface area contributed by atoms with Crippen LogP contribution in [0.2, 0.25) is 0 Å². The third kappa shape index (κ3) is 8.05. The van der Waals surface area contributed by atoms with Crippen molar-refractivity contribution in [2.45, 2.75) is 69.9 Å². The van der Waals surface area contributed by atoms with E-state index in [1.807, 2.05) is 44.2 Å². The number of aromatic nitrogens is 1. The molecule has 10 nitrogen and oxygen atoms in total. The number of ether oxygens (including phenoxy) is 1. The molecule has 5 atom stereocenters. The first-order valence-electron chi connectivity index (χ1n) is 13.4. The average molecular weight is 589 g/mol. The lowest BCUT2D eigenvalue weighted by molar-refractivity contribution is -0.151. The SMILES string of the molecule is CC(C)[C@H]1NC(=O)[C@H]2CSSCC/C=C/[C@H](CC(=O)N[C@H](Cc3c[nH]c4ccccc34)C(=O)N2)OC(=O)C[C@@H]1O. The molecule has 0 unspecified atom stereocenters. The molecule has 216 valence electrons. The number of esters is 1. The number of aliphatic hydroxyl groups is 1. The van der Waals surface area contributed by atoms with Crippen LogP contribution >= 0.6 is 21.6 Å². The summed E-state index contributed by atoms with van der Waals surface area (Å²) in [6.45, 7) is 3.66. The van der Waals surface area contributed by atoms with Gasteiger partial charge in [-0.15, -0.1) is 0 Å². The number of carbonyl (C=O) groups is 4. The van der Waals surface area contributed by atoms with Crippen molar-refractivity contribution in [3.05, 3.63) is 48.2 Å². The second-order valence-corrected chi connectivity index (χ2v) is 13.0. The highest BCUT2D eigenvalue weighted by atomic mass is 33.1. The lowest BCUT2D eigenvalue weighted by atomic mass is 9.96. The Kier molecular flexibility index (Phi) is 10.6. The van der Waals surface area contributed by atoms with Crippen molar-refractivity contribution in [2.75, 3.05) is 11.5 Å². The molecule has 4 rings (SSSR count). The van der Waals surface area contributed by atoms with Gasteiger partial charge < -0.3 is 30.8 Å². The number of para-hydroxylation sites is 1. The van der Waals surface area contributed by atoms with Crippen LogP contribution in [-0.4, -0.2) is 75.6 Å². The van der Waals surface area contributed by atoms with Crippen molar-refractivity contribution < 1.29 is 29.0 Å². The predicted molar refractivity (Wildman–Crippen MR) is 156 cm³/mol. The molecule has 2 aliphatic heterocycles. The molecule has 1 aromatic carbocycles. The maximum Gasteiger partial charge on any atom is 0.309 e. The summed E-state index contributed by atoms with van der Waals surface area (Å²) in [6.07, 6.45) is 3.58. The third-order valence-corrected chi connectivity index (χ3v) is 9.35. The zero-order valence-corrected chi connectivity index (χ0v) is 24.2. The van der Waals surface area contributed by atoms with Gasteiger partial charge in [-0.1, -0.05) is 59.7 Å². The molecule has 1 saturated heterocycles. The van der Waals surface area contributed by atoms with E-state index in [1.54, 1.807) is 23.1 Å². The fourth-order valence-corrected chi connectivity index (χ4v) is 6.95. The number of allylic oxidation sites excluding steroid dienone is 1. The molecule has 1 fully saturated rings. The van der Waals surface area contributed by atoms with E-state index in [1.165, 1.54) is 10.8 Å². The maximum atomic E-state index is 13.7. The van der Waals surface area contributed by atoms with Crippen LogP contribution in [0.15, 0.2) is 42.6 Å². The van der Waals surface area contributed by atoms with Gasteiger partial charge in [-0.05, 0) is 30.0 Å². The Balaban J connectivity index is 1.70. The fraction of sp³-hybridized carbons (Fsp3) is 0.500. The van der Waals surface area contributed by atoms with E-state index in [-0.39, 0.29) is 30.9 Å². The first-order valence-corrected chi connectivity index (χ1v) is 15.9. The smallest absolute Gasteiger partial charge is 0.309 e. The number of carbonyl (C=O) groups excluding carboxylic acids is 4. The minimum absolute atomic E-state index is 0.186. The lowest BCUT2D eigenvalue weighted by Gasteiger charge is -2.29. The summed E-state index contributed by atoms with van der Waals surface area (Å²) in [5, 5.41) is 20.3. The molecule has 0 saturated carbocycles. The lowest BCUT2D eigenvalue weighted by Crippen LogP contribution is -2.58. The minimum Gasteiger partial charge on any atom is -0.457 e. The molecule has 40 heavy (non-hydrogen) atoms. The van der Waals surface area contributed by atoms with Crippen LogP contribution < -0.4 is 16.0 Å². The van der Waals surface area contributed by atoms with E-state index in [9.17, 15) is 24.3 Å². The first-order chi connectivity index (χ1) is 19.2. The normalized spacial score (nSPS) is 28.4. The Morgan fingerprint density at radius 3 is 2.62 bits per heavy atom. The van der Waals surface area contributed by atoms with Gasteiger partial charge in [0.1, 0.15) is 18.2 Å². The number of aliphatic hydroxyl groups excluding tert-OH is 1. The number of rotatable bonds is 3. The van der Waals surface area contributed by atoms with Gasteiger partial charge in [0.2, 0.25) is 17.7 Å². The number of nitrogens with one attached hydrogen (secondary N) is 4. The van der Waals surface area contributed by atoms with Gasteiger partial charge in [0.25, 0.3) is 0 Å². The molecule has 1 aromatic heterocycles. The van der Waals surface area contributed by atoms with Gasteiger partial charge >= 0.3 is 5.97 Å². The van der Waals surface area contributed by atoms with Crippen LogP contribution in [0.1, 0.15) is 38.7 Å². The van der Waals surface area contributed by atoms with Gasteiger partial charge in [0.05, 0.1) is 25.0 Å². The molecule has 3 amide bonds. The maximum absolute atomic E-state index is 13.7. The summed E-state index contributed by atoms with van der Waals surface area (Å²) in [5.74, 6) is -1.31. The minimum atomic E-state index is -1.21. The topological polar surface area (TPSA) is 150 Å². The van der Waals surface area contributed by atoms with Gasteiger partial charge in [0.15, 0.2) is 0 Å². The molecule has 2 bridgehead atoms. The number of aromatic amines is 1. The van der Waals surface area contributed by atoms with Crippen LogP contribution in [0.4, 0.5) is 0 Å². The van der Waals surface area contributed by atoms with Gasteiger partial charge in [0, 0.05) is 35.0 Å². The average Bonchev–Trinajstić information content (AvgIpc) is 3.31. The summed E-state index contributed by atoms with van der Waals surface area (Å²) in [6, 6.07) is 5.01. The van der Waals surface area contributed by atoms with Crippen LogP contribution in [0.3, 0.4) is 0 Å². The van der Waals surface area contributed by atoms with E-state index in [2.05, 4.69) is 20.9 Å². The first kappa shape index (κ1) is 30.0. The van der Waals surface area contributed by atoms with Crippen molar-refractivity contribution in [3.8, 4) is 0 Å². The summed E-state index contributed by atoms with van der Waals surface area (Å²) in [5.41, 5.74) is 1.74. The summed E-state index contributed by atoms with van der Waals surface area (Å²) < 4.78 is 5.59. The molecule has 0 spiro atoms. The number of hydrogen-bond acceptors (Lipinski definition) is 8. The Morgan fingerprint density at radius 2 is 1.82 bits per heavy atom. The zero-order valence-electron chi connectivity index (χ0n) is 22.6. The monoisotopic (exact) mass is 588 g/mol. The fourth-order valence-electron chi connectivity index (χ4n) is 4.80. The predicted octanol–water partition coefficient (Wildman–Crippen LogP) is 2.23. The molecule has 0 aliphatic carbocycles. The van der Waals surface area contributed by atoms with Crippen molar-refractivity contribution in [1.29, 1.82) is 0 Å². The van der Waals surface area contributed by atoms with Crippen LogP contribution in [0, 0.1) is 5.92 Å². The highest BCUT2D eigenvalue weighted by Crippen LogP contribution is 2.25. The summed E-state index contributed by atoms with van der Waals surface area (Å²) in [4.78, 5) is 56.3. The second kappa shape index (κ2) is 14.1. The molecule has 2 aromatic rings. The van der Waals surface area contributed by atoms with Crippen molar-refractivity contribution in [2.24, 2.45) is 5.92 Å².